The summed E-state index contributed by atoms with van der Waals surface area (Å²) in [6.45, 7) is 5.92. The first kappa shape index (κ1) is 7.29. The zero-order chi connectivity index (χ0) is 5.70. The molecule has 0 rings (SSSR count). The van der Waals surface area contributed by atoms with Gasteiger partial charge in [-0.2, -0.15) is 0 Å². The molecule has 1 heteroatoms. The Balaban J connectivity index is 2.68. The highest BCUT2D eigenvalue weighted by atomic mass is 35.5. The minimum atomic E-state index is 0.568. The fourth-order valence-corrected chi connectivity index (χ4v) is 0.580. The second-order valence-electron chi connectivity index (χ2n) is 1.94. The van der Waals surface area contributed by atoms with Crippen LogP contribution in [0.5, 0.6) is 0 Å². The molecular formula is C6H12Cl. The van der Waals surface area contributed by atoms with Crippen molar-refractivity contribution >= 4 is 11.6 Å². The Kier molecular flexibility index (Phi) is 4.63. The maximum absolute atomic E-state index is 5.42. The van der Waals surface area contributed by atoms with Crippen molar-refractivity contribution in [1.82, 2.24) is 0 Å². The maximum Gasteiger partial charge on any atom is 0.0223 e. The van der Waals surface area contributed by atoms with Gasteiger partial charge in [-0.05, 0) is 18.8 Å². The van der Waals surface area contributed by atoms with Gasteiger partial charge in [0.25, 0.3) is 0 Å². The van der Waals surface area contributed by atoms with Crippen molar-refractivity contribution in [2.75, 3.05) is 5.88 Å². The molecule has 0 aromatic heterocycles. The molecule has 1 atom stereocenters. The molecule has 0 heterocycles. The summed E-state index contributed by atoms with van der Waals surface area (Å²) >= 11 is 5.42. The van der Waals surface area contributed by atoms with Crippen molar-refractivity contribution < 1.29 is 0 Å². The molecule has 1 unspecified atom stereocenters. The van der Waals surface area contributed by atoms with Gasteiger partial charge in [-0.25, -0.2) is 0 Å². The van der Waals surface area contributed by atoms with Crippen molar-refractivity contribution in [3.8, 4) is 0 Å². The zero-order valence-electron chi connectivity index (χ0n) is 4.78. The lowest BCUT2D eigenvalue weighted by molar-refractivity contribution is 0.633. The minimum Gasteiger partial charge on any atom is -0.127 e. The molecule has 0 aliphatic rings. The summed E-state index contributed by atoms with van der Waals surface area (Å²) in [6.07, 6.45) is 2.26. The van der Waals surface area contributed by atoms with Gasteiger partial charge in [0.05, 0.1) is 0 Å². The maximum atomic E-state index is 5.42. The van der Waals surface area contributed by atoms with Crippen LogP contribution in [0, 0.1) is 12.8 Å². The van der Waals surface area contributed by atoms with Crippen LogP contribution in [0.1, 0.15) is 19.8 Å². The SMILES string of the molecule is [CH2]C(C)CCCCl. The molecule has 1 radical (unpaired) electrons. The predicted octanol–water partition coefficient (Wildman–Crippen LogP) is 2.48. The summed E-state index contributed by atoms with van der Waals surface area (Å²) in [7, 11) is 0. The Hall–Kier alpha value is 0.290. The van der Waals surface area contributed by atoms with Gasteiger partial charge < -0.3 is 0 Å². The lowest BCUT2D eigenvalue weighted by atomic mass is 10.1. The number of alkyl halides is 1. The van der Waals surface area contributed by atoms with E-state index < -0.39 is 0 Å². The van der Waals surface area contributed by atoms with Crippen LogP contribution in [-0.2, 0) is 0 Å². The van der Waals surface area contributed by atoms with Crippen LogP contribution in [0.4, 0.5) is 0 Å². The molecule has 0 saturated carbocycles. The van der Waals surface area contributed by atoms with Gasteiger partial charge in [0.1, 0.15) is 0 Å². The van der Waals surface area contributed by atoms with Crippen LogP contribution < -0.4 is 0 Å². The monoisotopic (exact) mass is 119 g/mol. The average Bonchev–Trinajstić information content (AvgIpc) is 1.61. The van der Waals surface area contributed by atoms with Crippen LogP contribution in [0.3, 0.4) is 0 Å². The fraction of sp³-hybridized carbons (Fsp3) is 0.833. The summed E-state index contributed by atoms with van der Waals surface area (Å²) in [5.41, 5.74) is 0. The van der Waals surface area contributed by atoms with Crippen molar-refractivity contribution in [1.29, 1.82) is 0 Å². The number of hydrogen-bond acceptors (Lipinski definition) is 0. The third kappa shape index (κ3) is 6.29. The lowest BCUT2D eigenvalue weighted by Gasteiger charge is -1.97. The standard InChI is InChI=1S/C6H12Cl/c1-6(2)4-3-5-7/h6H,1,3-5H2,2H3. The molecule has 0 aliphatic carbocycles. The largest absolute Gasteiger partial charge is 0.127 e. The van der Waals surface area contributed by atoms with E-state index in [0.29, 0.717) is 5.92 Å². The fourth-order valence-electron chi connectivity index (χ4n) is 0.426. The van der Waals surface area contributed by atoms with E-state index in [9.17, 15) is 0 Å². The first-order chi connectivity index (χ1) is 3.27. The topological polar surface area (TPSA) is 0 Å². The van der Waals surface area contributed by atoms with Crippen LogP contribution in [0.2, 0.25) is 0 Å². The first-order valence-electron chi connectivity index (χ1n) is 2.66. The summed E-state index contributed by atoms with van der Waals surface area (Å²) < 4.78 is 0. The molecule has 0 amide bonds. The first-order valence-corrected chi connectivity index (χ1v) is 3.20. The molecule has 0 aliphatic heterocycles. The van der Waals surface area contributed by atoms with E-state index in [1.54, 1.807) is 0 Å². The summed E-state index contributed by atoms with van der Waals surface area (Å²) in [4.78, 5) is 0. The van der Waals surface area contributed by atoms with Gasteiger partial charge in [0, 0.05) is 5.88 Å². The van der Waals surface area contributed by atoms with E-state index in [1.807, 2.05) is 0 Å². The van der Waals surface area contributed by atoms with Crippen LogP contribution in [0.25, 0.3) is 0 Å². The molecule has 0 nitrogen and oxygen atoms in total. The quantitative estimate of drug-likeness (QED) is 0.501. The Labute approximate surface area is 50.9 Å². The predicted molar refractivity (Wildman–Crippen MR) is 34.5 cm³/mol. The molecular weight excluding hydrogens is 108 g/mol. The second-order valence-corrected chi connectivity index (χ2v) is 2.31. The van der Waals surface area contributed by atoms with E-state index in [1.165, 1.54) is 0 Å². The van der Waals surface area contributed by atoms with Crippen LogP contribution >= 0.6 is 11.6 Å². The highest BCUT2D eigenvalue weighted by Gasteiger charge is 1.89. The Morgan fingerprint density at radius 2 is 2.29 bits per heavy atom. The van der Waals surface area contributed by atoms with Crippen molar-refractivity contribution in [2.45, 2.75) is 19.8 Å². The normalized spacial score (nSPS) is 10.3. The Morgan fingerprint density at radius 1 is 1.71 bits per heavy atom. The van der Waals surface area contributed by atoms with Gasteiger partial charge in [-0.3, -0.25) is 0 Å². The smallest absolute Gasteiger partial charge is 0.0223 e. The third-order valence-corrected chi connectivity index (χ3v) is 1.10. The molecule has 0 bridgehead atoms. The summed E-state index contributed by atoms with van der Waals surface area (Å²) in [5.74, 6) is 1.35. The second kappa shape index (κ2) is 4.45. The number of rotatable bonds is 3. The Bertz CT molecular complexity index is 33.2. The zero-order valence-corrected chi connectivity index (χ0v) is 5.54. The van der Waals surface area contributed by atoms with Crippen molar-refractivity contribution in [2.24, 2.45) is 5.92 Å². The lowest BCUT2D eigenvalue weighted by Crippen LogP contribution is -1.86. The average molecular weight is 120 g/mol. The highest BCUT2D eigenvalue weighted by molar-refractivity contribution is 6.17. The van der Waals surface area contributed by atoms with Crippen LogP contribution in [0.15, 0.2) is 0 Å². The summed E-state index contributed by atoms with van der Waals surface area (Å²) in [5, 5.41) is 0. The molecule has 0 aromatic rings. The summed E-state index contributed by atoms with van der Waals surface area (Å²) in [6, 6.07) is 0. The molecule has 0 saturated heterocycles. The number of halogens is 1. The van der Waals surface area contributed by atoms with E-state index in [-0.39, 0.29) is 0 Å². The van der Waals surface area contributed by atoms with Crippen LogP contribution in [-0.4, -0.2) is 5.88 Å². The van der Waals surface area contributed by atoms with Gasteiger partial charge in [0.2, 0.25) is 0 Å². The Morgan fingerprint density at radius 3 is 2.43 bits per heavy atom. The molecule has 0 spiro atoms. The highest BCUT2D eigenvalue weighted by Crippen LogP contribution is 2.02. The van der Waals surface area contributed by atoms with Crippen molar-refractivity contribution in [3.05, 3.63) is 6.92 Å². The molecule has 0 N–H and O–H groups in total. The van der Waals surface area contributed by atoms with E-state index in [2.05, 4.69) is 13.8 Å². The van der Waals surface area contributed by atoms with Gasteiger partial charge in [-0.1, -0.05) is 13.8 Å². The van der Waals surface area contributed by atoms with E-state index >= 15 is 0 Å². The number of hydrogen-bond donors (Lipinski definition) is 0. The molecule has 0 aromatic carbocycles. The molecule has 7 heavy (non-hydrogen) atoms. The van der Waals surface area contributed by atoms with Gasteiger partial charge in [-0.15, -0.1) is 11.6 Å². The molecule has 0 fully saturated rings. The van der Waals surface area contributed by atoms with Gasteiger partial charge >= 0.3 is 0 Å². The van der Waals surface area contributed by atoms with E-state index in [0.717, 1.165) is 18.7 Å². The van der Waals surface area contributed by atoms with E-state index in [4.69, 9.17) is 11.6 Å². The van der Waals surface area contributed by atoms with Crippen molar-refractivity contribution in [3.63, 3.8) is 0 Å². The molecule has 43 valence electrons. The third-order valence-electron chi connectivity index (χ3n) is 0.831. The van der Waals surface area contributed by atoms with Gasteiger partial charge in [0.15, 0.2) is 0 Å². The minimum absolute atomic E-state index is 0.568.